The van der Waals surface area contributed by atoms with Gasteiger partial charge in [0.15, 0.2) is 1.41 Å². The molecule has 0 aliphatic heterocycles. The highest BCUT2D eigenvalue weighted by atomic mass is 16.6. The van der Waals surface area contributed by atoms with Crippen molar-refractivity contribution in [3.8, 4) is 0 Å². The first-order chi connectivity index (χ1) is 18.6. The highest BCUT2D eigenvalue weighted by molar-refractivity contribution is 5.90. The number of carbonyl (C=O) groups is 6. The molecule has 3 atom stereocenters. The van der Waals surface area contributed by atoms with Crippen molar-refractivity contribution in [3.05, 3.63) is 0 Å². The van der Waals surface area contributed by atoms with Gasteiger partial charge in [0.25, 0.3) is 0 Å². The van der Waals surface area contributed by atoms with Crippen LogP contribution in [0.25, 0.3) is 0 Å². The average molecular weight is 561 g/mol. The van der Waals surface area contributed by atoms with E-state index in [4.69, 9.17) is 11.3 Å². The molecule has 0 aromatic carbocycles. The van der Waals surface area contributed by atoms with E-state index in [2.05, 4.69) is 21.3 Å². The number of ether oxygens (including phenoxy) is 1. The van der Waals surface area contributed by atoms with Crippen molar-refractivity contribution in [1.29, 1.82) is 0 Å². The van der Waals surface area contributed by atoms with Crippen molar-refractivity contribution in [2.24, 2.45) is 0 Å². The molecule has 1 unspecified atom stereocenters. The molecule has 39 heavy (non-hydrogen) atoms. The number of nitrogens with one attached hydrogen (secondary N) is 5. The Morgan fingerprint density at radius 1 is 0.872 bits per heavy atom. The summed E-state index contributed by atoms with van der Waals surface area (Å²) >= 11 is 0. The van der Waals surface area contributed by atoms with Gasteiger partial charge in [-0.05, 0) is 53.4 Å². The van der Waals surface area contributed by atoms with Crippen LogP contribution in [0.1, 0.15) is 86.0 Å². The first kappa shape index (κ1) is 33.4. The maximum atomic E-state index is 12.7. The second-order valence-electron chi connectivity index (χ2n) is 10.1. The van der Waals surface area contributed by atoms with E-state index in [1.807, 2.05) is 6.92 Å². The normalized spacial score (nSPS) is 13.6. The van der Waals surface area contributed by atoms with Crippen LogP contribution in [0.4, 0.5) is 9.59 Å². The lowest BCUT2D eigenvalue weighted by Gasteiger charge is -2.22. The Morgan fingerprint density at radius 3 is 2.10 bits per heavy atom. The number of hydrogen-bond acceptors (Lipinski definition) is 7. The van der Waals surface area contributed by atoms with Gasteiger partial charge >= 0.3 is 24.1 Å². The van der Waals surface area contributed by atoms with Crippen molar-refractivity contribution in [1.82, 2.24) is 26.6 Å². The predicted octanol–water partition coefficient (Wildman–Crippen LogP) is 1.48. The minimum atomic E-state index is -1.45. The van der Waals surface area contributed by atoms with Crippen LogP contribution in [0.3, 0.4) is 0 Å². The second kappa shape index (κ2) is 18.6. The predicted molar refractivity (Wildman–Crippen MR) is 142 cm³/mol. The van der Waals surface area contributed by atoms with Gasteiger partial charge in [0.2, 0.25) is 11.8 Å². The topological polar surface area (TPSA) is 212 Å². The third-order valence-electron chi connectivity index (χ3n) is 5.23. The van der Waals surface area contributed by atoms with Crippen LogP contribution >= 0.6 is 0 Å². The molecule has 0 heterocycles. The van der Waals surface area contributed by atoms with Crippen molar-refractivity contribution < 1.29 is 45.1 Å². The summed E-state index contributed by atoms with van der Waals surface area (Å²) in [6, 6.07) is -5.27. The summed E-state index contributed by atoms with van der Waals surface area (Å²) < 4.78 is 13.3. The summed E-state index contributed by atoms with van der Waals surface area (Å²) in [6.45, 7) is 8.03. The van der Waals surface area contributed by atoms with Crippen LogP contribution in [0.2, 0.25) is 1.41 Å². The third kappa shape index (κ3) is 18.3. The van der Waals surface area contributed by atoms with Gasteiger partial charge < -0.3 is 41.5 Å². The molecule has 0 aliphatic carbocycles. The maximum Gasteiger partial charge on any atom is 0.407 e. The first-order valence-electron chi connectivity index (χ1n) is 13.6. The molecule has 0 spiro atoms. The van der Waals surface area contributed by atoms with E-state index < -0.39 is 66.1 Å². The third-order valence-corrected chi connectivity index (χ3v) is 5.23. The number of alkyl carbamates (subject to hydrolysis) is 1. The van der Waals surface area contributed by atoms with Crippen molar-refractivity contribution in [2.75, 3.05) is 13.1 Å². The van der Waals surface area contributed by atoms with Crippen molar-refractivity contribution in [3.63, 3.8) is 0 Å². The molecule has 5 amide bonds. The lowest BCUT2D eigenvalue weighted by atomic mass is 10.1. The van der Waals surface area contributed by atoms with Gasteiger partial charge in [-0.2, -0.15) is 0 Å². The van der Waals surface area contributed by atoms with Gasteiger partial charge in [-0.1, -0.05) is 26.2 Å². The molecule has 0 aliphatic rings. The lowest BCUT2D eigenvalue weighted by Crippen LogP contribution is -2.55. The van der Waals surface area contributed by atoms with Gasteiger partial charge in [-0.3, -0.25) is 14.4 Å². The fourth-order valence-electron chi connectivity index (χ4n) is 3.15. The highest BCUT2D eigenvalue weighted by Gasteiger charge is 2.26. The Bertz CT molecular complexity index is 866. The van der Waals surface area contributed by atoms with E-state index in [9.17, 15) is 33.9 Å². The van der Waals surface area contributed by atoms with Crippen molar-refractivity contribution in [2.45, 2.75) is 110 Å². The number of amides is 5. The number of carboxylic acid groups (broad SMARTS) is 2. The second-order valence-corrected chi connectivity index (χ2v) is 10.1. The molecular formula is C25H45N5O9. The monoisotopic (exact) mass is 560 g/mol. The van der Waals surface area contributed by atoms with E-state index in [1.165, 1.54) is 6.92 Å². The SMILES string of the molecule is [2H]N(C(=O)NCC(NC(=O)CCCCCC)C(=O)O)[C@@H](CCCCNC(=O)OC(C)(C)C)C(=O)N[C@@H](C)C(=O)O. The molecule has 7 N–H and O–H groups in total. The molecule has 14 heteroatoms. The number of hydrogen-bond donors (Lipinski definition) is 7. The van der Waals surface area contributed by atoms with E-state index >= 15 is 0 Å². The van der Waals surface area contributed by atoms with Crippen LogP contribution < -0.4 is 26.6 Å². The molecule has 0 rings (SSSR count). The van der Waals surface area contributed by atoms with Crippen LogP contribution in [0.15, 0.2) is 0 Å². The van der Waals surface area contributed by atoms with Gasteiger partial charge in [0.1, 0.15) is 23.7 Å². The van der Waals surface area contributed by atoms with E-state index in [1.54, 1.807) is 20.8 Å². The van der Waals surface area contributed by atoms with Gasteiger partial charge in [0, 0.05) is 13.0 Å². The molecular weight excluding hydrogens is 514 g/mol. The number of aliphatic carboxylic acids is 2. The molecule has 0 saturated heterocycles. The number of unbranched alkanes of at least 4 members (excludes halogenated alkanes) is 4. The summed E-state index contributed by atoms with van der Waals surface area (Å²) in [5.74, 6) is -4.08. The number of carboxylic acids is 2. The molecule has 224 valence electrons. The van der Waals surface area contributed by atoms with Crippen LogP contribution in [0, 0.1) is 0 Å². The van der Waals surface area contributed by atoms with E-state index in [0.717, 1.165) is 19.3 Å². The Kier molecular flexibility index (Phi) is 16.0. The fourth-order valence-corrected chi connectivity index (χ4v) is 3.15. The summed E-state index contributed by atoms with van der Waals surface area (Å²) in [5.41, 5.74) is -0.676. The lowest BCUT2D eigenvalue weighted by molar-refractivity contribution is -0.141. The van der Waals surface area contributed by atoms with E-state index in [0.29, 0.717) is 18.2 Å². The van der Waals surface area contributed by atoms with Crippen LogP contribution in [-0.2, 0) is 23.9 Å². The quantitative estimate of drug-likeness (QED) is 0.121. The molecule has 14 nitrogen and oxygen atoms in total. The summed E-state index contributed by atoms with van der Waals surface area (Å²) in [7, 11) is 0. The number of carbonyl (C=O) groups excluding carboxylic acids is 4. The molecule has 0 aromatic rings. The molecule has 0 fully saturated rings. The Balaban J connectivity index is 5.11. The summed E-state index contributed by atoms with van der Waals surface area (Å²) in [6.07, 6.45) is 3.43. The minimum absolute atomic E-state index is 0.0536. The maximum absolute atomic E-state index is 12.7. The van der Waals surface area contributed by atoms with E-state index in [-0.39, 0.29) is 25.8 Å². The average Bonchev–Trinajstić information content (AvgIpc) is 2.84. The summed E-state index contributed by atoms with van der Waals surface area (Å²) in [5, 5.41) is 28.1. The Hall–Kier alpha value is -3.58. The largest absolute Gasteiger partial charge is 0.480 e. The molecule has 0 aromatic heterocycles. The van der Waals surface area contributed by atoms with Gasteiger partial charge in [-0.25, -0.2) is 14.4 Å². The zero-order valence-electron chi connectivity index (χ0n) is 24.5. The molecule has 0 bridgehead atoms. The van der Waals surface area contributed by atoms with Crippen molar-refractivity contribution >= 4 is 35.9 Å². The summed E-state index contributed by atoms with van der Waals surface area (Å²) in [4.78, 5) is 71.9. The number of rotatable bonds is 18. The molecule has 0 saturated carbocycles. The number of urea groups is 1. The standard InChI is InChI=1S/C25H45N5O9/c1-6-7-8-9-13-19(31)29-18(22(35)36)15-27-23(37)30-17(20(32)28-16(2)21(33)34)12-10-11-14-26-24(38)39-25(3,4)5/h16-18H,6-15H2,1-5H3,(H,26,38)(H,28,32)(H,29,31)(H,33,34)(H,35,36)(H2,27,30,37)/t16-,17-,18?/m0/s1/i/hD. The Morgan fingerprint density at radius 2 is 1.54 bits per heavy atom. The first-order valence-corrected chi connectivity index (χ1v) is 13.2. The zero-order chi connectivity index (χ0) is 30.9. The minimum Gasteiger partial charge on any atom is -0.480 e. The van der Waals surface area contributed by atoms with Gasteiger partial charge in [0.05, 0.1) is 6.54 Å². The van der Waals surface area contributed by atoms with Gasteiger partial charge in [-0.15, -0.1) is 0 Å². The fraction of sp³-hybridized carbons (Fsp3) is 0.760. The van der Waals surface area contributed by atoms with Crippen LogP contribution in [0.5, 0.6) is 0 Å². The highest BCUT2D eigenvalue weighted by Crippen LogP contribution is 2.07. The Labute approximate surface area is 230 Å². The zero-order valence-corrected chi connectivity index (χ0v) is 23.5. The van der Waals surface area contributed by atoms with Crippen LogP contribution in [-0.4, -0.2) is 82.9 Å². The smallest absolute Gasteiger partial charge is 0.407 e. The molecule has 0 radical (unpaired) electrons.